The Kier molecular flexibility index (Phi) is 4.66. The lowest BCUT2D eigenvalue weighted by Gasteiger charge is -2.23. The van der Waals surface area contributed by atoms with E-state index in [0.717, 1.165) is 17.2 Å². The van der Waals surface area contributed by atoms with Crippen LogP contribution in [0.5, 0.6) is 5.75 Å². The number of rotatable bonds is 4. The van der Waals surface area contributed by atoms with Crippen molar-refractivity contribution < 1.29 is 14.3 Å². The van der Waals surface area contributed by atoms with E-state index in [1.165, 1.54) is 0 Å². The second kappa shape index (κ2) is 6.88. The van der Waals surface area contributed by atoms with Crippen molar-refractivity contribution in [1.82, 2.24) is 4.90 Å². The van der Waals surface area contributed by atoms with Crippen LogP contribution in [-0.2, 0) is 9.59 Å². The molecule has 0 unspecified atom stereocenters. The molecule has 1 fully saturated rings. The van der Waals surface area contributed by atoms with Gasteiger partial charge >= 0.3 is 0 Å². The number of hydrogen-bond donors (Lipinski definition) is 2. The van der Waals surface area contributed by atoms with Crippen molar-refractivity contribution in [3.8, 4) is 5.75 Å². The van der Waals surface area contributed by atoms with Gasteiger partial charge in [0.15, 0.2) is 0 Å². The number of benzene rings is 2. The average Bonchev–Trinajstić information content (AvgIpc) is 3.10. The van der Waals surface area contributed by atoms with Gasteiger partial charge in [-0.25, -0.2) is 0 Å². The Labute approximate surface area is 140 Å². The van der Waals surface area contributed by atoms with Crippen LogP contribution in [0.2, 0.25) is 0 Å². The maximum Gasteiger partial charge on any atom is 0.247 e. The topological polar surface area (TPSA) is 84.7 Å². The second-order valence-electron chi connectivity index (χ2n) is 5.84. The first-order chi connectivity index (χ1) is 11.6. The molecule has 0 aliphatic carbocycles. The van der Waals surface area contributed by atoms with E-state index >= 15 is 0 Å². The van der Waals surface area contributed by atoms with Crippen molar-refractivity contribution in [2.45, 2.75) is 18.9 Å². The summed E-state index contributed by atoms with van der Waals surface area (Å²) >= 11 is 0. The maximum atomic E-state index is 12.6. The molecule has 24 heavy (non-hydrogen) atoms. The Morgan fingerprint density at radius 2 is 2.12 bits per heavy atom. The van der Waals surface area contributed by atoms with Gasteiger partial charge in [0.25, 0.3) is 0 Å². The van der Waals surface area contributed by atoms with Gasteiger partial charge in [-0.2, -0.15) is 0 Å². The quantitative estimate of drug-likeness (QED) is 0.896. The molecule has 1 atom stereocenters. The van der Waals surface area contributed by atoms with Crippen molar-refractivity contribution in [3.63, 3.8) is 0 Å². The number of fused-ring (bicyclic) bond motifs is 1. The Bertz CT molecular complexity index is 775. The first-order valence-electron chi connectivity index (χ1n) is 8.01. The van der Waals surface area contributed by atoms with Crippen LogP contribution in [0.4, 0.5) is 5.69 Å². The third-order valence-electron chi connectivity index (χ3n) is 4.36. The molecule has 0 spiro atoms. The van der Waals surface area contributed by atoms with E-state index in [-0.39, 0.29) is 18.4 Å². The fourth-order valence-corrected chi connectivity index (χ4v) is 3.20. The summed E-state index contributed by atoms with van der Waals surface area (Å²) in [5.41, 5.74) is 6.08. The molecule has 2 aromatic carbocycles. The van der Waals surface area contributed by atoms with Crippen LogP contribution in [0.15, 0.2) is 36.4 Å². The van der Waals surface area contributed by atoms with Crippen LogP contribution < -0.4 is 15.8 Å². The van der Waals surface area contributed by atoms with E-state index in [9.17, 15) is 9.59 Å². The summed E-state index contributed by atoms with van der Waals surface area (Å²) in [6.45, 7) is 0.503. The van der Waals surface area contributed by atoms with E-state index in [1.807, 2.05) is 30.3 Å². The first kappa shape index (κ1) is 16.3. The molecule has 6 heteroatoms. The Morgan fingerprint density at radius 1 is 1.33 bits per heavy atom. The smallest absolute Gasteiger partial charge is 0.247 e. The summed E-state index contributed by atoms with van der Waals surface area (Å²) in [6, 6.07) is 11.1. The molecular weight excluding hydrogens is 306 g/mol. The van der Waals surface area contributed by atoms with Crippen LogP contribution >= 0.6 is 0 Å². The predicted molar refractivity (Wildman–Crippen MR) is 92.9 cm³/mol. The molecule has 126 valence electrons. The third-order valence-corrected chi connectivity index (χ3v) is 4.36. The minimum atomic E-state index is -0.460. The lowest BCUT2D eigenvalue weighted by molar-refractivity contribution is -0.135. The van der Waals surface area contributed by atoms with Gasteiger partial charge in [-0.15, -0.1) is 0 Å². The number of amides is 2. The van der Waals surface area contributed by atoms with Crippen molar-refractivity contribution >= 4 is 28.3 Å². The largest absolute Gasteiger partial charge is 0.496 e. The number of anilines is 1. The fourth-order valence-electron chi connectivity index (χ4n) is 3.20. The average molecular weight is 327 g/mol. The Morgan fingerprint density at radius 3 is 2.88 bits per heavy atom. The number of nitrogens with one attached hydrogen (secondary N) is 1. The summed E-state index contributed by atoms with van der Waals surface area (Å²) in [6.07, 6.45) is 1.47. The monoisotopic (exact) mass is 327 g/mol. The molecule has 3 N–H and O–H groups in total. The van der Waals surface area contributed by atoms with E-state index in [2.05, 4.69) is 5.32 Å². The van der Waals surface area contributed by atoms with Crippen LogP contribution in [0, 0.1) is 0 Å². The highest BCUT2D eigenvalue weighted by Gasteiger charge is 2.33. The van der Waals surface area contributed by atoms with Crippen molar-refractivity contribution in [2.24, 2.45) is 5.73 Å². The third kappa shape index (κ3) is 3.05. The lowest BCUT2D eigenvalue weighted by Crippen LogP contribution is -2.45. The van der Waals surface area contributed by atoms with Gasteiger partial charge in [0.05, 0.1) is 13.7 Å². The van der Waals surface area contributed by atoms with Gasteiger partial charge < -0.3 is 20.7 Å². The van der Waals surface area contributed by atoms with Crippen LogP contribution in [0.3, 0.4) is 0 Å². The summed E-state index contributed by atoms with van der Waals surface area (Å²) in [5.74, 6) is 0.320. The molecule has 2 amide bonds. The fraction of sp³-hybridized carbons (Fsp3) is 0.333. The highest BCUT2D eigenvalue weighted by Crippen LogP contribution is 2.30. The first-order valence-corrected chi connectivity index (χ1v) is 8.01. The molecule has 0 aromatic heterocycles. The van der Waals surface area contributed by atoms with E-state index in [4.69, 9.17) is 10.5 Å². The van der Waals surface area contributed by atoms with Gasteiger partial charge in [0.2, 0.25) is 11.8 Å². The number of methoxy groups -OCH3 is 1. The lowest BCUT2D eigenvalue weighted by atomic mass is 10.1. The van der Waals surface area contributed by atoms with Crippen molar-refractivity contribution in [1.29, 1.82) is 0 Å². The molecule has 0 bridgehead atoms. The van der Waals surface area contributed by atoms with Crippen molar-refractivity contribution in [2.75, 3.05) is 25.5 Å². The Hall–Kier alpha value is -2.60. The standard InChI is InChI=1S/C18H21N3O3/c1-24-16-10-13(9-12-5-2-3-6-14(12)16)20-18(23)15-7-4-8-21(15)17(22)11-19/h2-3,5-6,9-10,15H,4,7-8,11,19H2,1H3,(H,20,23)/t15-/m1/s1. The molecule has 6 nitrogen and oxygen atoms in total. The van der Waals surface area contributed by atoms with Gasteiger partial charge in [0.1, 0.15) is 11.8 Å². The molecule has 1 heterocycles. The normalized spacial score (nSPS) is 17.1. The number of carbonyl (C=O) groups is 2. The minimum Gasteiger partial charge on any atom is -0.496 e. The van der Waals surface area contributed by atoms with Crippen LogP contribution in [-0.4, -0.2) is 43.0 Å². The highest BCUT2D eigenvalue weighted by atomic mass is 16.5. The van der Waals surface area contributed by atoms with Gasteiger partial charge in [-0.1, -0.05) is 24.3 Å². The summed E-state index contributed by atoms with van der Waals surface area (Å²) in [4.78, 5) is 26.0. The van der Waals surface area contributed by atoms with Crippen LogP contribution in [0.1, 0.15) is 12.8 Å². The van der Waals surface area contributed by atoms with Gasteiger partial charge in [-0.3, -0.25) is 9.59 Å². The number of likely N-dealkylation sites (tertiary alicyclic amines) is 1. The van der Waals surface area contributed by atoms with Crippen LogP contribution in [0.25, 0.3) is 10.8 Å². The zero-order valence-corrected chi connectivity index (χ0v) is 13.6. The molecule has 1 aliphatic rings. The summed E-state index contributed by atoms with van der Waals surface area (Å²) < 4.78 is 5.42. The van der Waals surface area contributed by atoms with Crippen molar-refractivity contribution in [3.05, 3.63) is 36.4 Å². The molecule has 1 aliphatic heterocycles. The van der Waals surface area contributed by atoms with E-state index in [0.29, 0.717) is 24.4 Å². The number of carbonyl (C=O) groups excluding carboxylic acids is 2. The summed E-state index contributed by atoms with van der Waals surface area (Å²) in [5, 5.41) is 4.87. The molecule has 2 aromatic rings. The molecule has 1 saturated heterocycles. The molecule has 3 rings (SSSR count). The molecular formula is C18H21N3O3. The minimum absolute atomic E-state index is 0.0758. The van der Waals surface area contributed by atoms with Gasteiger partial charge in [-0.05, 0) is 24.3 Å². The predicted octanol–water partition coefficient (Wildman–Crippen LogP) is 1.74. The van der Waals surface area contributed by atoms with E-state index in [1.54, 1.807) is 18.1 Å². The zero-order valence-electron chi connectivity index (χ0n) is 13.6. The number of nitrogens with zero attached hydrogens (tertiary/aromatic N) is 1. The van der Waals surface area contributed by atoms with E-state index < -0.39 is 6.04 Å². The zero-order chi connectivity index (χ0) is 17.1. The molecule has 0 saturated carbocycles. The number of nitrogens with two attached hydrogens (primary N) is 1. The van der Waals surface area contributed by atoms with Gasteiger partial charge in [0, 0.05) is 23.7 Å². The summed E-state index contributed by atoms with van der Waals surface area (Å²) in [7, 11) is 1.60. The SMILES string of the molecule is COc1cc(NC(=O)[C@H]2CCCN2C(=O)CN)cc2ccccc12. The highest BCUT2D eigenvalue weighted by molar-refractivity contribution is 6.00. The Balaban J connectivity index is 1.84. The maximum absolute atomic E-state index is 12.6. The molecule has 0 radical (unpaired) electrons. The second-order valence-corrected chi connectivity index (χ2v) is 5.84. The number of ether oxygens (including phenoxy) is 1. The number of hydrogen-bond acceptors (Lipinski definition) is 4.